The molecule has 0 saturated carbocycles. The molecule has 0 aliphatic carbocycles. The second-order valence-electron chi connectivity index (χ2n) is 20.3. The molecule has 0 fully saturated rings. The lowest BCUT2D eigenvalue weighted by molar-refractivity contribution is 0.590. The minimum absolute atomic E-state index is 0.0131. The molecule has 3 heterocycles. The minimum atomic E-state index is -0.0246. The van der Waals surface area contributed by atoms with E-state index in [0.717, 1.165) is 49.8 Å². The summed E-state index contributed by atoms with van der Waals surface area (Å²) in [6.07, 6.45) is 0. The smallest absolute Gasteiger partial charge is 0.216 e. The Kier molecular flexibility index (Phi) is 7.82. The fraction of sp³-hybridized carbons (Fsp3) is 0.302. The summed E-state index contributed by atoms with van der Waals surface area (Å²) < 4.78 is 11.7. The quantitative estimate of drug-likeness (QED) is 0.162. The van der Waals surface area contributed by atoms with E-state index in [1.807, 2.05) is 6.07 Å². The van der Waals surface area contributed by atoms with Gasteiger partial charge in [-0.15, -0.1) is 0 Å². The molecule has 0 spiro atoms. The predicted molar refractivity (Wildman–Crippen MR) is 243 cm³/mol. The van der Waals surface area contributed by atoms with Crippen LogP contribution in [0.5, 0.6) is 0 Å². The lowest BCUT2D eigenvalue weighted by Gasteiger charge is -2.20. The molecule has 4 nitrogen and oxygen atoms in total. The van der Waals surface area contributed by atoms with Gasteiger partial charge in [0.25, 0.3) is 0 Å². The monoisotopic (exact) mass is 747 g/mol. The van der Waals surface area contributed by atoms with Gasteiger partial charge in [-0.3, -0.25) is 0 Å². The molecule has 0 aliphatic rings. The second-order valence-corrected chi connectivity index (χ2v) is 20.3. The zero-order chi connectivity index (χ0) is 40.6. The third-order valence-corrected chi connectivity index (χ3v) is 12.2. The Labute approximate surface area is 336 Å². The summed E-state index contributed by atoms with van der Waals surface area (Å²) in [4.78, 5) is 4.35. The van der Waals surface area contributed by atoms with Crippen LogP contribution in [0, 0.1) is 6.57 Å². The van der Waals surface area contributed by atoms with Crippen molar-refractivity contribution in [1.82, 2.24) is 9.13 Å². The molecule has 0 unspecified atom stereocenters. The van der Waals surface area contributed by atoms with E-state index < -0.39 is 0 Å². The number of fused-ring (bicyclic) bond motifs is 9. The summed E-state index contributed by atoms with van der Waals surface area (Å²) in [5, 5.41) is 6.81. The van der Waals surface area contributed by atoms with E-state index in [0.29, 0.717) is 11.3 Å². The third kappa shape index (κ3) is 5.69. The first-order valence-electron chi connectivity index (χ1n) is 20.3. The Bertz CT molecular complexity index is 3020. The van der Waals surface area contributed by atoms with Crippen molar-refractivity contribution in [3.8, 4) is 11.4 Å². The van der Waals surface area contributed by atoms with Crippen molar-refractivity contribution < 1.29 is 4.42 Å². The number of hydrogen-bond donors (Lipinski definition) is 0. The molecule has 6 aromatic carbocycles. The van der Waals surface area contributed by atoms with Gasteiger partial charge >= 0.3 is 0 Å². The van der Waals surface area contributed by atoms with Gasteiger partial charge in [-0.25, -0.2) is 4.85 Å². The van der Waals surface area contributed by atoms with Crippen molar-refractivity contribution in [2.45, 2.75) is 105 Å². The molecule has 0 atom stereocenters. The van der Waals surface area contributed by atoms with E-state index in [1.54, 1.807) is 0 Å². The van der Waals surface area contributed by atoms with Crippen LogP contribution in [-0.2, 0) is 21.7 Å². The highest BCUT2D eigenvalue weighted by atomic mass is 16.3. The SMILES string of the molecule is [C-]#[N+]c1cc(-n2c3ccc(C(C)(C)C)cc3c3cc(C(C)(C)C)ccc32)c2c(oc3ccccc32)c1-n1c2ccc(C(C)(C)C)cc2c2cc(C(C)(C)C)ccc21. The van der Waals surface area contributed by atoms with E-state index >= 15 is 0 Å². The average molecular weight is 748 g/mol. The van der Waals surface area contributed by atoms with Crippen molar-refractivity contribution in [3.63, 3.8) is 0 Å². The molecular formula is C53H53N3O. The number of para-hydroxylation sites is 1. The highest BCUT2D eigenvalue weighted by molar-refractivity contribution is 6.19. The number of benzene rings is 6. The highest BCUT2D eigenvalue weighted by Crippen LogP contribution is 2.48. The molecule has 9 aromatic rings. The molecular weight excluding hydrogens is 695 g/mol. The largest absolute Gasteiger partial charge is 0.455 e. The normalized spacial score (nSPS) is 13.2. The number of aromatic nitrogens is 2. The lowest BCUT2D eigenvalue weighted by atomic mass is 9.85. The molecule has 0 radical (unpaired) electrons. The van der Waals surface area contributed by atoms with Gasteiger partial charge in [-0.1, -0.05) is 126 Å². The van der Waals surface area contributed by atoms with Gasteiger partial charge in [0.05, 0.1) is 39.7 Å². The minimum Gasteiger partial charge on any atom is -0.455 e. The molecule has 0 amide bonds. The van der Waals surface area contributed by atoms with Crippen molar-refractivity contribution in [2.24, 2.45) is 0 Å². The molecule has 0 aliphatic heterocycles. The summed E-state index contributed by atoms with van der Waals surface area (Å²) in [5.41, 5.74) is 13.2. The van der Waals surface area contributed by atoms with Crippen LogP contribution in [0.4, 0.5) is 5.69 Å². The van der Waals surface area contributed by atoms with E-state index in [-0.39, 0.29) is 21.7 Å². The molecule has 286 valence electrons. The Morgan fingerprint density at radius 2 is 0.842 bits per heavy atom. The van der Waals surface area contributed by atoms with Gasteiger partial charge in [0.15, 0.2) is 5.58 Å². The molecule has 0 saturated heterocycles. The number of nitrogens with zero attached hydrogens (tertiary/aromatic N) is 3. The summed E-state index contributed by atoms with van der Waals surface area (Å²) in [6, 6.07) is 38.0. The van der Waals surface area contributed by atoms with Gasteiger partial charge < -0.3 is 13.6 Å². The Balaban J connectivity index is 1.45. The van der Waals surface area contributed by atoms with Crippen LogP contribution in [0.25, 0.3) is 81.8 Å². The molecule has 0 bridgehead atoms. The van der Waals surface area contributed by atoms with Gasteiger partial charge in [-0.2, -0.15) is 0 Å². The van der Waals surface area contributed by atoms with Crippen molar-refractivity contribution >= 4 is 71.2 Å². The fourth-order valence-corrected chi connectivity index (χ4v) is 8.74. The first kappa shape index (κ1) is 36.8. The molecule has 9 rings (SSSR count). The summed E-state index contributed by atoms with van der Waals surface area (Å²) in [7, 11) is 0. The average Bonchev–Trinajstić information content (AvgIpc) is 3.80. The van der Waals surface area contributed by atoms with Crippen LogP contribution in [-0.4, -0.2) is 9.13 Å². The van der Waals surface area contributed by atoms with Gasteiger partial charge in [0, 0.05) is 32.6 Å². The van der Waals surface area contributed by atoms with Crippen LogP contribution >= 0.6 is 0 Å². The van der Waals surface area contributed by atoms with E-state index in [9.17, 15) is 0 Å². The lowest BCUT2D eigenvalue weighted by Crippen LogP contribution is -2.10. The maximum Gasteiger partial charge on any atom is 0.216 e. The number of rotatable bonds is 2. The molecule has 57 heavy (non-hydrogen) atoms. The maximum atomic E-state index is 8.85. The zero-order valence-corrected chi connectivity index (χ0v) is 35.6. The standard InChI is InChI=1S/C53H53N3O/c1-50(2,3)31-18-22-41-36(26-31)37-27-32(51(4,5)6)19-23-42(37)55(41)45-30-40(54-13)48(49-47(45)35-16-14-15-17-46(35)57-49)56-43-24-20-33(52(7,8)9)28-38(43)39-29-34(53(10,11)12)21-25-44(39)56/h14-30H,1-12H3. The highest BCUT2D eigenvalue weighted by Gasteiger charge is 2.28. The van der Waals surface area contributed by atoms with E-state index in [4.69, 9.17) is 11.0 Å². The Hall–Kier alpha value is -5.79. The Morgan fingerprint density at radius 3 is 1.23 bits per heavy atom. The number of hydrogen-bond acceptors (Lipinski definition) is 1. The number of furan rings is 1. The van der Waals surface area contributed by atoms with E-state index in [1.165, 1.54) is 43.8 Å². The third-order valence-electron chi connectivity index (χ3n) is 12.2. The first-order chi connectivity index (χ1) is 26.8. The van der Waals surface area contributed by atoms with E-state index in [2.05, 4.69) is 194 Å². The van der Waals surface area contributed by atoms with Crippen LogP contribution in [0.1, 0.15) is 105 Å². The second kappa shape index (κ2) is 12.1. The molecule has 0 N–H and O–H groups in total. The predicted octanol–water partition coefficient (Wildman–Crippen LogP) is 15.5. The topological polar surface area (TPSA) is 27.4 Å². The molecule has 4 heteroatoms. The van der Waals surface area contributed by atoms with Crippen molar-refractivity contribution in [2.75, 3.05) is 0 Å². The summed E-state index contributed by atoms with van der Waals surface area (Å²) >= 11 is 0. The van der Waals surface area contributed by atoms with Gasteiger partial charge in [0.2, 0.25) is 5.69 Å². The maximum absolute atomic E-state index is 8.85. The van der Waals surface area contributed by atoms with Crippen LogP contribution in [0.2, 0.25) is 0 Å². The zero-order valence-electron chi connectivity index (χ0n) is 35.6. The van der Waals surface area contributed by atoms with Crippen molar-refractivity contribution in [1.29, 1.82) is 0 Å². The fourth-order valence-electron chi connectivity index (χ4n) is 8.74. The molecule has 3 aromatic heterocycles. The van der Waals surface area contributed by atoms with Crippen LogP contribution < -0.4 is 0 Å². The van der Waals surface area contributed by atoms with Crippen molar-refractivity contribution in [3.05, 3.63) is 137 Å². The summed E-state index contributed by atoms with van der Waals surface area (Å²) in [6.45, 7) is 36.1. The van der Waals surface area contributed by atoms with Gasteiger partial charge in [0.1, 0.15) is 5.58 Å². The van der Waals surface area contributed by atoms with Crippen LogP contribution in [0.15, 0.2) is 108 Å². The van der Waals surface area contributed by atoms with Crippen LogP contribution in [0.3, 0.4) is 0 Å². The summed E-state index contributed by atoms with van der Waals surface area (Å²) in [5.74, 6) is 0. The first-order valence-corrected chi connectivity index (χ1v) is 20.3. The Morgan fingerprint density at radius 1 is 0.456 bits per heavy atom. The van der Waals surface area contributed by atoms with Gasteiger partial charge in [-0.05, 0) is 105 Å².